The number of rotatable bonds is 7. The fraction of sp³-hybridized carbons (Fsp3) is 0.828. The van der Waals surface area contributed by atoms with Gasteiger partial charge in [-0.25, -0.2) is 0 Å². The highest BCUT2D eigenvalue weighted by atomic mass is 19.4. The Morgan fingerprint density at radius 1 is 1.12 bits per heavy atom. The van der Waals surface area contributed by atoms with E-state index < -0.39 is 52.9 Å². The molecule has 5 rings (SSSR count). The topological polar surface area (TPSA) is 131 Å². The van der Waals surface area contributed by atoms with Crippen molar-refractivity contribution in [2.45, 2.75) is 109 Å². The summed E-state index contributed by atoms with van der Waals surface area (Å²) in [5, 5.41) is 18.0. The predicted molar refractivity (Wildman–Crippen MR) is 140 cm³/mol. The normalized spacial score (nSPS) is 31.7. The Balaban J connectivity index is 1.33. The molecule has 2 saturated heterocycles. The van der Waals surface area contributed by atoms with Gasteiger partial charge < -0.3 is 20.9 Å². The van der Waals surface area contributed by atoms with Crippen LogP contribution in [0.15, 0.2) is 0 Å². The van der Waals surface area contributed by atoms with Gasteiger partial charge in [-0.1, -0.05) is 41.0 Å². The van der Waals surface area contributed by atoms with E-state index in [2.05, 4.69) is 22.0 Å². The number of alkyl halides is 3. The number of likely N-dealkylation sites (tertiary alicyclic amines) is 1. The number of halogens is 3. The number of nitrogens with zero attached hydrogens (tertiary/aromatic N) is 2. The smallest absolute Gasteiger partial charge is 0.350 e. The Labute approximate surface area is 238 Å². The molecule has 0 aromatic heterocycles. The number of amides is 4. The second-order valence-corrected chi connectivity index (χ2v) is 14.7. The molecule has 5 aliphatic rings. The van der Waals surface area contributed by atoms with Gasteiger partial charge in [-0.05, 0) is 61.2 Å². The van der Waals surface area contributed by atoms with Gasteiger partial charge in [0.2, 0.25) is 23.6 Å². The second-order valence-electron chi connectivity index (χ2n) is 14.7. The number of hydrogen-bond donors (Lipinski definition) is 3. The summed E-state index contributed by atoms with van der Waals surface area (Å²) >= 11 is 0. The maximum atomic E-state index is 14.0. The number of fused-ring (bicyclic) bond motifs is 1. The van der Waals surface area contributed by atoms with E-state index in [-0.39, 0.29) is 66.8 Å². The third kappa shape index (κ3) is 4.87. The molecule has 0 aromatic rings. The fourth-order valence-corrected chi connectivity index (χ4v) is 7.40. The van der Waals surface area contributed by atoms with Crippen molar-refractivity contribution in [3.05, 3.63) is 0 Å². The zero-order chi connectivity index (χ0) is 30.3. The molecule has 1 spiro atoms. The first-order chi connectivity index (χ1) is 18.9. The predicted octanol–water partition coefficient (Wildman–Crippen LogP) is 2.80. The van der Waals surface area contributed by atoms with E-state index in [4.69, 9.17) is 0 Å². The van der Waals surface area contributed by atoms with Gasteiger partial charge in [0.25, 0.3) is 0 Å². The van der Waals surface area contributed by atoms with Gasteiger partial charge in [-0.3, -0.25) is 19.2 Å². The average molecular weight is 580 g/mol. The number of hydrogen-bond acceptors (Lipinski definition) is 5. The number of carbonyl (C=O) groups excluding carboxylic acids is 4. The summed E-state index contributed by atoms with van der Waals surface area (Å²) in [6.45, 7) is 9.22. The monoisotopic (exact) mass is 579 g/mol. The van der Waals surface area contributed by atoms with Gasteiger partial charge in [0.15, 0.2) is 0 Å². The molecule has 5 fully saturated rings. The van der Waals surface area contributed by atoms with Gasteiger partial charge in [0.05, 0.1) is 6.07 Å². The van der Waals surface area contributed by atoms with Crippen LogP contribution in [0.5, 0.6) is 0 Å². The molecule has 41 heavy (non-hydrogen) atoms. The van der Waals surface area contributed by atoms with E-state index in [1.165, 1.54) is 4.90 Å². The zero-order valence-corrected chi connectivity index (χ0v) is 24.3. The van der Waals surface area contributed by atoms with Crippen LogP contribution in [0.4, 0.5) is 13.2 Å². The third-order valence-electron chi connectivity index (χ3n) is 10.6. The Morgan fingerprint density at radius 3 is 2.22 bits per heavy atom. The Morgan fingerprint density at radius 2 is 1.76 bits per heavy atom. The summed E-state index contributed by atoms with van der Waals surface area (Å²) in [6, 6.07) is -1.07. The SMILES string of the molecule is CC1(C)C2CN(C(=O)[C@@H](NC(=O)C3(C(F)(F)F)CCC3)C(C)(C)C)[C@H](C(=O)NC(C#N)CC3CC4(CC4)NC3=O)C21. The molecule has 2 aliphatic heterocycles. The summed E-state index contributed by atoms with van der Waals surface area (Å²) in [7, 11) is 0. The largest absolute Gasteiger partial charge is 0.403 e. The number of piperidine rings is 1. The molecule has 12 heteroatoms. The van der Waals surface area contributed by atoms with Crippen LogP contribution in [0.2, 0.25) is 0 Å². The van der Waals surface area contributed by atoms with E-state index >= 15 is 0 Å². The lowest BCUT2D eigenvalue weighted by Crippen LogP contribution is -2.63. The summed E-state index contributed by atoms with van der Waals surface area (Å²) in [5.41, 5.74) is -3.84. The molecule has 226 valence electrons. The maximum absolute atomic E-state index is 14.0. The Hall–Kier alpha value is -2.84. The van der Waals surface area contributed by atoms with Crippen LogP contribution in [-0.2, 0) is 19.2 Å². The molecule has 2 heterocycles. The highest BCUT2D eigenvalue weighted by Gasteiger charge is 2.70. The highest BCUT2D eigenvalue weighted by molar-refractivity contribution is 5.95. The fourth-order valence-electron chi connectivity index (χ4n) is 7.40. The van der Waals surface area contributed by atoms with Crippen molar-refractivity contribution in [2.75, 3.05) is 6.54 Å². The summed E-state index contributed by atoms with van der Waals surface area (Å²) in [5.74, 6) is -3.03. The molecule has 3 N–H and O–H groups in total. The second kappa shape index (κ2) is 9.33. The lowest BCUT2D eigenvalue weighted by molar-refractivity contribution is -0.243. The van der Waals surface area contributed by atoms with Gasteiger partial charge in [0, 0.05) is 18.0 Å². The first-order valence-electron chi connectivity index (χ1n) is 14.6. The quantitative estimate of drug-likeness (QED) is 0.427. The third-order valence-corrected chi connectivity index (χ3v) is 10.6. The minimum atomic E-state index is -4.73. The van der Waals surface area contributed by atoms with E-state index in [0.29, 0.717) is 6.42 Å². The van der Waals surface area contributed by atoms with Gasteiger partial charge >= 0.3 is 6.18 Å². The van der Waals surface area contributed by atoms with Gasteiger partial charge in [0.1, 0.15) is 23.5 Å². The lowest BCUT2D eigenvalue weighted by atomic mass is 9.67. The minimum Gasteiger partial charge on any atom is -0.350 e. The van der Waals surface area contributed by atoms with E-state index in [9.17, 15) is 37.6 Å². The molecule has 4 unspecified atom stereocenters. The van der Waals surface area contributed by atoms with Crippen LogP contribution in [0, 0.1) is 45.3 Å². The van der Waals surface area contributed by atoms with E-state index in [0.717, 1.165) is 12.8 Å². The van der Waals surface area contributed by atoms with Crippen LogP contribution in [0.3, 0.4) is 0 Å². The van der Waals surface area contributed by atoms with Crippen LogP contribution < -0.4 is 16.0 Å². The maximum Gasteiger partial charge on any atom is 0.403 e. The van der Waals surface area contributed by atoms with Crippen molar-refractivity contribution in [3.8, 4) is 6.07 Å². The molecular weight excluding hydrogens is 539 g/mol. The average Bonchev–Trinajstić information content (AvgIpc) is 3.53. The molecular formula is C29H40F3N5O4. The van der Waals surface area contributed by atoms with Crippen molar-refractivity contribution in [2.24, 2.45) is 34.0 Å². The van der Waals surface area contributed by atoms with Crippen LogP contribution in [0.25, 0.3) is 0 Å². The molecule has 4 amide bonds. The molecule has 6 atom stereocenters. The number of carbonyl (C=O) groups is 4. The standard InChI is InChI=1S/C29H40F3N5O4/c1-25(2,3)20(35-24(41)28(7-6-8-28)29(30,31)32)23(40)37-14-17-18(26(17,4)5)19(37)22(39)34-16(13-33)11-15-12-27(9-10-27)36-21(15)38/h15-20H,6-12,14H2,1-5H3,(H,34,39)(H,35,41)(H,36,38)/t15?,16?,17?,18?,19-,20+/m0/s1. The molecule has 0 aromatic carbocycles. The van der Waals surface area contributed by atoms with Crippen molar-refractivity contribution in [1.82, 2.24) is 20.9 Å². The Bertz CT molecular complexity index is 1190. The first-order valence-corrected chi connectivity index (χ1v) is 14.6. The summed E-state index contributed by atoms with van der Waals surface area (Å²) in [6.07, 6.45) is -2.50. The van der Waals surface area contributed by atoms with Crippen LogP contribution >= 0.6 is 0 Å². The first kappa shape index (κ1) is 29.6. The molecule has 0 bridgehead atoms. The molecule has 3 saturated carbocycles. The Kier molecular flexibility index (Phi) is 6.75. The number of nitrogens with one attached hydrogen (secondary N) is 3. The van der Waals surface area contributed by atoms with Crippen molar-refractivity contribution in [1.29, 1.82) is 5.26 Å². The summed E-state index contributed by atoms with van der Waals surface area (Å²) < 4.78 is 41.6. The van der Waals surface area contributed by atoms with E-state index in [1.54, 1.807) is 20.8 Å². The molecule has 9 nitrogen and oxygen atoms in total. The molecule has 0 radical (unpaired) electrons. The zero-order valence-electron chi connectivity index (χ0n) is 24.3. The van der Waals surface area contributed by atoms with Gasteiger partial charge in [-0.2, -0.15) is 18.4 Å². The van der Waals surface area contributed by atoms with Crippen LogP contribution in [0.1, 0.15) is 79.6 Å². The van der Waals surface area contributed by atoms with Gasteiger partial charge in [-0.15, -0.1) is 0 Å². The lowest BCUT2D eigenvalue weighted by Gasteiger charge is -2.44. The minimum absolute atomic E-state index is 0.00235. The number of nitriles is 1. The van der Waals surface area contributed by atoms with Crippen molar-refractivity contribution < 1.29 is 32.3 Å². The van der Waals surface area contributed by atoms with Crippen LogP contribution in [-0.4, -0.2) is 64.9 Å². The highest BCUT2D eigenvalue weighted by Crippen LogP contribution is 2.65. The van der Waals surface area contributed by atoms with E-state index in [1.807, 2.05) is 13.8 Å². The van der Waals surface area contributed by atoms with Crippen molar-refractivity contribution >= 4 is 23.6 Å². The summed E-state index contributed by atoms with van der Waals surface area (Å²) in [4.78, 5) is 54.5. The van der Waals surface area contributed by atoms with Crippen molar-refractivity contribution in [3.63, 3.8) is 0 Å². The molecule has 3 aliphatic carbocycles.